The van der Waals surface area contributed by atoms with Gasteiger partial charge in [0.1, 0.15) is 37.9 Å². The summed E-state index contributed by atoms with van der Waals surface area (Å²) in [4.78, 5) is 92.3. The molecule has 24 heteroatoms. The van der Waals surface area contributed by atoms with E-state index in [0.717, 1.165) is 24.9 Å². The zero-order valence-electron chi connectivity index (χ0n) is 31.3. The molecule has 0 spiro atoms. The lowest BCUT2D eigenvalue weighted by atomic mass is 9.90. The van der Waals surface area contributed by atoms with Crippen LogP contribution in [0.5, 0.6) is 0 Å². The number of esters is 6. The number of phosphoric ester groups is 1. The van der Waals surface area contributed by atoms with Crippen molar-refractivity contribution in [3.8, 4) is 0 Å². The summed E-state index contributed by atoms with van der Waals surface area (Å²) in [5.41, 5.74) is -5.35. The number of carbonyl (C=O) groups is 7. The number of ether oxygens (including phenoxy) is 7. The molecule has 0 aliphatic carbocycles. The molecular weight excluding hydrogens is 765 g/mol. The van der Waals surface area contributed by atoms with Gasteiger partial charge in [0.15, 0.2) is 12.0 Å². The first-order valence-corrected chi connectivity index (χ1v) is 18.3. The van der Waals surface area contributed by atoms with E-state index in [1.165, 1.54) is 34.6 Å². The highest BCUT2D eigenvalue weighted by Crippen LogP contribution is 2.53. The molecule has 55 heavy (non-hydrogen) atoms. The summed E-state index contributed by atoms with van der Waals surface area (Å²) >= 11 is 0. The molecule has 2 unspecified atom stereocenters. The normalized spacial score (nSPS) is 18.6. The van der Waals surface area contributed by atoms with E-state index in [9.17, 15) is 48.3 Å². The first-order valence-electron chi connectivity index (χ1n) is 16.8. The minimum Gasteiger partial charge on any atom is -0.465 e. The van der Waals surface area contributed by atoms with Gasteiger partial charge >= 0.3 is 43.6 Å². The lowest BCUT2D eigenvalue weighted by Gasteiger charge is -2.32. The van der Waals surface area contributed by atoms with Crippen LogP contribution in [0.4, 0.5) is 0 Å². The minimum absolute atomic E-state index is 0.239. The maximum Gasteiger partial charge on any atom is 0.474 e. The van der Waals surface area contributed by atoms with Gasteiger partial charge in [-0.15, -0.1) is 5.10 Å². The number of ketones is 1. The molecule has 2 rings (SSSR count). The molecule has 2 heterocycles. The first kappa shape index (κ1) is 46.8. The number of aromatic nitrogens is 3. The van der Waals surface area contributed by atoms with Crippen LogP contribution in [0.15, 0.2) is 6.33 Å². The summed E-state index contributed by atoms with van der Waals surface area (Å²) in [6.07, 6.45) is -5.53. The molecule has 1 aliphatic heterocycles. The van der Waals surface area contributed by atoms with Crippen LogP contribution in [0, 0.1) is 10.8 Å². The molecule has 0 bridgehead atoms. The van der Waals surface area contributed by atoms with E-state index in [-0.39, 0.29) is 32.3 Å². The van der Waals surface area contributed by atoms with E-state index in [1.807, 2.05) is 0 Å². The highest BCUT2D eigenvalue weighted by atomic mass is 31.2. The standard InChI is InChI=1S/C31H46N3O20P/c1-8-45-26(40)30(13-49-19(6)36,27(41)46-9-2)15-52-55(44,53-16-31(14-50-20(7)37,28(42)47-10-3)29(43)48-11-4)51-12-21-22(38)23(39)25(54-21)34-17-32-24(33-34)18(5)35/h17,21-23,25,38-39H,8-16H2,1-7H3/t21-,22?,23?,25-/m1/s1. The molecule has 0 saturated carbocycles. The van der Waals surface area contributed by atoms with Crippen LogP contribution in [-0.4, -0.2) is 144 Å². The smallest absolute Gasteiger partial charge is 0.465 e. The summed E-state index contributed by atoms with van der Waals surface area (Å²) in [6, 6.07) is 0. The topological polar surface area (TPSA) is 300 Å². The zero-order valence-corrected chi connectivity index (χ0v) is 32.2. The van der Waals surface area contributed by atoms with Gasteiger partial charge in [0.05, 0.1) is 46.2 Å². The SMILES string of the molecule is CCOC(=O)C(COC(C)=O)(COP(=O)(OC[C@H]1O[C@@H](n2cnc(C(C)=O)n2)C(O)C1O)OCC(COC(C)=O)(C(=O)OCC)C(=O)OCC)C(=O)OCC. The fourth-order valence-electron chi connectivity index (χ4n) is 4.55. The first-order chi connectivity index (χ1) is 25.9. The Kier molecular flexibility index (Phi) is 17.9. The minimum atomic E-state index is -5.41. The molecule has 310 valence electrons. The van der Waals surface area contributed by atoms with Crippen molar-refractivity contribution < 1.29 is 95.1 Å². The molecule has 1 fully saturated rings. The molecule has 1 saturated heterocycles. The fraction of sp³-hybridized carbons (Fsp3) is 0.710. The third kappa shape index (κ3) is 12.1. The maximum atomic E-state index is 14.5. The third-order valence-corrected chi connectivity index (χ3v) is 8.82. The van der Waals surface area contributed by atoms with Crippen molar-refractivity contribution in [1.29, 1.82) is 0 Å². The molecule has 0 aromatic carbocycles. The van der Waals surface area contributed by atoms with E-state index >= 15 is 0 Å². The quantitative estimate of drug-likeness (QED) is 0.0467. The molecule has 1 aromatic heterocycles. The second-order valence-corrected chi connectivity index (χ2v) is 13.2. The molecule has 4 atom stereocenters. The Hall–Kier alpha value is -4.38. The van der Waals surface area contributed by atoms with Gasteiger partial charge in [0, 0.05) is 20.8 Å². The number of phosphoric acid groups is 1. The number of carbonyl (C=O) groups excluding carboxylic acids is 7. The predicted molar refractivity (Wildman–Crippen MR) is 176 cm³/mol. The van der Waals surface area contributed by atoms with Gasteiger partial charge in [0.25, 0.3) is 0 Å². The van der Waals surface area contributed by atoms with Crippen LogP contribution in [0.1, 0.15) is 65.3 Å². The number of aliphatic hydroxyl groups is 2. The van der Waals surface area contributed by atoms with Crippen molar-refractivity contribution in [2.24, 2.45) is 10.8 Å². The van der Waals surface area contributed by atoms with E-state index in [2.05, 4.69) is 10.1 Å². The summed E-state index contributed by atoms with van der Waals surface area (Å²) in [5.74, 6) is -8.12. The van der Waals surface area contributed by atoms with Crippen LogP contribution in [0.2, 0.25) is 0 Å². The number of rotatable bonds is 23. The van der Waals surface area contributed by atoms with Gasteiger partial charge in [-0.1, -0.05) is 0 Å². The van der Waals surface area contributed by atoms with Crippen molar-refractivity contribution in [1.82, 2.24) is 14.8 Å². The molecule has 0 radical (unpaired) electrons. The number of Topliss-reactive ketones (excluding diaryl/α,β-unsaturated/α-hetero) is 1. The summed E-state index contributed by atoms with van der Waals surface area (Å²) < 4.78 is 67.5. The largest absolute Gasteiger partial charge is 0.474 e. The monoisotopic (exact) mass is 811 g/mol. The molecule has 23 nitrogen and oxygen atoms in total. The molecular formula is C31H46N3O20P. The van der Waals surface area contributed by atoms with Crippen molar-refractivity contribution in [2.45, 2.75) is 73.0 Å². The Morgan fingerprint density at radius 2 is 1.11 bits per heavy atom. The Morgan fingerprint density at radius 1 is 0.691 bits per heavy atom. The molecule has 1 aromatic rings. The number of nitrogens with zero attached hydrogens (tertiary/aromatic N) is 3. The fourth-order valence-corrected chi connectivity index (χ4v) is 5.86. The number of aliphatic hydroxyl groups excluding tert-OH is 2. The lowest BCUT2D eigenvalue weighted by molar-refractivity contribution is -0.182. The van der Waals surface area contributed by atoms with Gasteiger partial charge in [-0.05, 0) is 27.7 Å². The highest BCUT2D eigenvalue weighted by Gasteiger charge is 2.56. The van der Waals surface area contributed by atoms with Crippen LogP contribution in [-0.2, 0) is 80.1 Å². The average Bonchev–Trinajstić information content (AvgIpc) is 3.72. The Labute approximate surface area is 314 Å². The Bertz CT molecular complexity index is 1480. The summed E-state index contributed by atoms with van der Waals surface area (Å²) in [6.45, 7) is 1.68. The maximum absolute atomic E-state index is 14.5. The van der Waals surface area contributed by atoms with Crippen LogP contribution in [0.3, 0.4) is 0 Å². The lowest BCUT2D eigenvalue weighted by Crippen LogP contribution is -2.50. The average molecular weight is 812 g/mol. The van der Waals surface area contributed by atoms with Gasteiger partial charge in [-0.25, -0.2) is 14.2 Å². The summed E-state index contributed by atoms with van der Waals surface area (Å²) in [5, 5.41) is 25.4. The van der Waals surface area contributed by atoms with Crippen LogP contribution in [0.25, 0.3) is 0 Å². The zero-order chi connectivity index (χ0) is 41.6. The van der Waals surface area contributed by atoms with Gasteiger partial charge in [-0.3, -0.25) is 47.1 Å². The third-order valence-electron chi connectivity index (χ3n) is 7.46. The Balaban J connectivity index is 2.63. The van der Waals surface area contributed by atoms with Crippen molar-refractivity contribution in [3.63, 3.8) is 0 Å². The van der Waals surface area contributed by atoms with Crippen molar-refractivity contribution in [2.75, 3.05) is 59.5 Å². The predicted octanol–water partition coefficient (Wildman–Crippen LogP) is -0.391. The van der Waals surface area contributed by atoms with Crippen LogP contribution < -0.4 is 0 Å². The molecule has 2 N–H and O–H groups in total. The second-order valence-electron chi connectivity index (χ2n) is 11.5. The number of hydrogen-bond donors (Lipinski definition) is 2. The van der Waals surface area contributed by atoms with Gasteiger partial charge < -0.3 is 43.4 Å². The molecule has 0 amide bonds. The summed E-state index contributed by atoms with van der Waals surface area (Å²) in [7, 11) is -5.41. The van der Waals surface area contributed by atoms with E-state index in [4.69, 9.17) is 46.7 Å². The second kappa shape index (κ2) is 21.1. The van der Waals surface area contributed by atoms with E-state index in [0.29, 0.717) is 0 Å². The molecule has 1 aliphatic rings. The van der Waals surface area contributed by atoms with Crippen molar-refractivity contribution >= 4 is 49.4 Å². The van der Waals surface area contributed by atoms with Crippen LogP contribution >= 0.6 is 7.82 Å². The van der Waals surface area contributed by atoms with E-state index < -0.39 is 118 Å². The number of hydrogen-bond acceptors (Lipinski definition) is 22. The van der Waals surface area contributed by atoms with E-state index in [1.54, 1.807) is 0 Å². The highest BCUT2D eigenvalue weighted by molar-refractivity contribution is 7.48. The Morgan fingerprint density at radius 3 is 1.45 bits per heavy atom. The van der Waals surface area contributed by atoms with Gasteiger partial charge in [-0.2, -0.15) is 0 Å². The van der Waals surface area contributed by atoms with Gasteiger partial charge in [0.2, 0.25) is 16.7 Å². The van der Waals surface area contributed by atoms with Crippen molar-refractivity contribution in [3.05, 3.63) is 12.2 Å².